The van der Waals surface area contributed by atoms with E-state index in [1.807, 2.05) is 37.3 Å². The van der Waals surface area contributed by atoms with Gasteiger partial charge in [-0.05, 0) is 53.9 Å². The van der Waals surface area contributed by atoms with Crippen LogP contribution in [0.4, 0.5) is 10.1 Å². The van der Waals surface area contributed by atoms with Gasteiger partial charge in [-0.15, -0.1) is 0 Å². The zero-order valence-corrected chi connectivity index (χ0v) is 26.1. The molecular formula is C30H35Cl2FN4O4S. The van der Waals surface area contributed by atoms with Gasteiger partial charge in [0.05, 0.1) is 5.69 Å². The average Bonchev–Trinajstić information content (AvgIpc) is 2.95. The van der Waals surface area contributed by atoms with E-state index < -0.39 is 34.5 Å². The Kier molecular flexibility index (Phi) is 12.2. The molecule has 2 amide bonds. The molecule has 0 aliphatic carbocycles. The van der Waals surface area contributed by atoms with Gasteiger partial charge in [0.15, 0.2) is 0 Å². The number of unbranched alkanes of at least 4 members (excludes halogenated alkanes) is 1. The SMILES string of the molecule is CCCCNC(=O)[C@@H](Cc1ccccc1)N(Cc1ccc(Cl)cc1Cl)C(=O)CN(c1ccc(F)cc1)S(=O)(=O)N(C)C. The van der Waals surface area contributed by atoms with E-state index in [1.165, 1.54) is 37.2 Å². The molecule has 3 aromatic carbocycles. The Hall–Kier alpha value is -3.18. The normalized spacial score (nSPS) is 12.2. The summed E-state index contributed by atoms with van der Waals surface area (Å²) in [5.41, 5.74) is 1.43. The topological polar surface area (TPSA) is 90.0 Å². The molecule has 0 aliphatic rings. The van der Waals surface area contributed by atoms with Gasteiger partial charge in [-0.1, -0.05) is 72.9 Å². The van der Waals surface area contributed by atoms with Gasteiger partial charge in [0.2, 0.25) is 11.8 Å². The number of hydrogen-bond donors (Lipinski definition) is 1. The van der Waals surface area contributed by atoms with Crippen LogP contribution < -0.4 is 9.62 Å². The molecule has 12 heteroatoms. The number of nitrogens with one attached hydrogen (secondary N) is 1. The molecule has 0 spiro atoms. The Labute approximate surface area is 257 Å². The number of hydrogen-bond acceptors (Lipinski definition) is 4. The van der Waals surface area contributed by atoms with Crippen molar-refractivity contribution in [1.29, 1.82) is 0 Å². The first-order chi connectivity index (χ1) is 19.9. The van der Waals surface area contributed by atoms with Crippen LogP contribution in [0.2, 0.25) is 10.0 Å². The zero-order chi connectivity index (χ0) is 30.9. The molecule has 1 atom stereocenters. The molecule has 1 N–H and O–H groups in total. The third kappa shape index (κ3) is 8.91. The molecule has 42 heavy (non-hydrogen) atoms. The number of nitrogens with zero attached hydrogens (tertiary/aromatic N) is 3. The largest absolute Gasteiger partial charge is 0.354 e. The van der Waals surface area contributed by atoms with Crippen molar-refractivity contribution in [2.75, 3.05) is 31.5 Å². The van der Waals surface area contributed by atoms with Crippen molar-refractivity contribution in [3.8, 4) is 0 Å². The molecule has 0 aliphatic heterocycles. The van der Waals surface area contributed by atoms with Gasteiger partial charge in [0.25, 0.3) is 0 Å². The maximum absolute atomic E-state index is 14.2. The van der Waals surface area contributed by atoms with E-state index in [-0.39, 0.29) is 24.6 Å². The second-order valence-corrected chi connectivity index (χ2v) is 12.8. The minimum absolute atomic E-state index is 0.0905. The third-order valence-corrected chi connectivity index (χ3v) is 9.00. The van der Waals surface area contributed by atoms with Crippen LogP contribution in [0.15, 0.2) is 72.8 Å². The highest BCUT2D eigenvalue weighted by Crippen LogP contribution is 2.26. The van der Waals surface area contributed by atoms with E-state index in [0.29, 0.717) is 22.2 Å². The van der Waals surface area contributed by atoms with Gasteiger partial charge in [-0.3, -0.25) is 9.59 Å². The first kappa shape index (κ1) is 33.3. The Morgan fingerprint density at radius 3 is 2.24 bits per heavy atom. The number of rotatable bonds is 14. The van der Waals surface area contributed by atoms with Gasteiger partial charge in [-0.25, -0.2) is 8.70 Å². The monoisotopic (exact) mass is 636 g/mol. The van der Waals surface area contributed by atoms with Crippen molar-refractivity contribution in [2.45, 2.75) is 38.8 Å². The molecule has 0 heterocycles. The summed E-state index contributed by atoms with van der Waals surface area (Å²) < 4.78 is 42.3. The molecule has 0 saturated carbocycles. The fourth-order valence-electron chi connectivity index (χ4n) is 4.22. The standard InChI is InChI=1S/C30H35Cl2FN4O4S/c1-4-5-17-34-30(39)28(18-22-9-7-6-8-10-22)36(20-23-11-12-24(31)19-27(23)32)29(38)21-37(42(40,41)35(2)3)26-15-13-25(33)14-16-26/h6-16,19,28H,4-5,17-18,20-21H2,1-3H3,(H,34,39)/t28-/m1/s1. The molecule has 0 radical (unpaired) electrons. The lowest BCUT2D eigenvalue weighted by molar-refractivity contribution is -0.140. The maximum atomic E-state index is 14.2. The molecule has 8 nitrogen and oxygen atoms in total. The second kappa shape index (κ2) is 15.3. The highest BCUT2D eigenvalue weighted by atomic mass is 35.5. The molecule has 226 valence electrons. The van der Waals surface area contributed by atoms with Crippen LogP contribution in [0, 0.1) is 5.82 Å². The smallest absolute Gasteiger partial charge is 0.304 e. The summed E-state index contributed by atoms with van der Waals surface area (Å²) >= 11 is 12.6. The first-order valence-corrected chi connectivity index (χ1v) is 15.6. The quantitative estimate of drug-likeness (QED) is 0.243. The summed E-state index contributed by atoms with van der Waals surface area (Å²) in [6.07, 6.45) is 1.79. The predicted octanol–water partition coefficient (Wildman–Crippen LogP) is 5.30. The summed E-state index contributed by atoms with van der Waals surface area (Å²) in [5, 5.41) is 3.61. The average molecular weight is 638 g/mol. The Bertz CT molecular complexity index is 1460. The van der Waals surface area contributed by atoms with Crippen LogP contribution in [0.3, 0.4) is 0 Å². The van der Waals surface area contributed by atoms with Crippen LogP contribution in [-0.4, -0.2) is 62.7 Å². The lowest BCUT2D eigenvalue weighted by Crippen LogP contribution is -2.54. The number of carbonyl (C=O) groups is 2. The second-order valence-electron chi connectivity index (χ2n) is 9.88. The van der Waals surface area contributed by atoms with Gasteiger partial charge >= 0.3 is 10.2 Å². The number of anilines is 1. The summed E-state index contributed by atoms with van der Waals surface area (Å²) in [6, 6.07) is 17.8. The van der Waals surface area contributed by atoms with Crippen molar-refractivity contribution >= 4 is 50.9 Å². The van der Waals surface area contributed by atoms with E-state index in [9.17, 15) is 22.4 Å². The van der Waals surface area contributed by atoms with Crippen molar-refractivity contribution in [1.82, 2.24) is 14.5 Å². The molecule has 0 fully saturated rings. The number of benzene rings is 3. The minimum atomic E-state index is -4.19. The van der Waals surface area contributed by atoms with Crippen LogP contribution in [-0.2, 0) is 32.8 Å². The minimum Gasteiger partial charge on any atom is -0.354 e. The number of carbonyl (C=O) groups excluding carboxylic acids is 2. The molecule has 0 aromatic heterocycles. The third-order valence-electron chi connectivity index (χ3n) is 6.59. The first-order valence-electron chi connectivity index (χ1n) is 13.4. The Morgan fingerprint density at radius 2 is 1.64 bits per heavy atom. The predicted molar refractivity (Wildman–Crippen MR) is 165 cm³/mol. The fraction of sp³-hybridized carbons (Fsp3) is 0.333. The van der Waals surface area contributed by atoms with Gasteiger partial charge in [-0.2, -0.15) is 12.7 Å². The molecule has 0 unspecified atom stereocenters. The van der Waals surface area contributed by atoms with Crippen LogP contribution in [0.1, 0.15) is 30.9 Å². The van der Waals surface area contributed by atoms with Crippen LogP contribution in [0.25, 0.3) is 0 Å². The van der Waals surface area contributed by atoms with Crippen LogP contribution >= 0.6 is 23.2 Å². The van der Waals surface area contributed by atoms with Crippen LogP contribution in [0.5, 0.6) is 0 Å². The lowest BCUT2D eigenvalue weighted by atomic mass is 10.0. The molecule has 3 aromatic rings. The van der Waals surface area contributed by atoms with E-state index in [0.717, 1.165) is 39.1 Å². The fourth-order valence-corrected chi connectivity index (χ4v) is 5.74. The highest BCUT2D eigenvalue weighted by molar-refractivity contribution is 7.90. The highest BCUT2D eigenvalue weighted by Gasteiger charge is 2.35. The Balaban J connectivity index is 2.09. The summed E-state index contributed by atoms with van der Waals surface area (Å²) in [5.74, 6) is -1.59. The van der Waals surface area contributed by atoms with Gasteiger partial charge < -0.3 is 10.2 Å². The zero-order valence-electron chi connectivity index (χ0n) is 23.8. The van der Waals surface area contributed by atoms with Crippen molar-refractivity contribution in [3.63, 3.8) is 0 Å². The van der Waals surface area contributed by atoms with Gasteiger partial charge in [0.1, 0.15) is 18.4 Å². The van der Waals surface area contributed by atoms with E-state index in [2.05, 4.69) is 5.32 Å². The van der Waals surface area contributed by atoms with Gasteiger partial charge in [0, 0.05) is 43.7 Å². The van der Waals surface area contributed by atoms with E-state index in [4.69, 9.17) is 23.2 Å². The van der Waals surface area contributed by atoms with Crippen molar-refractivity contribution in [3.05, 3.63) is 99.8 Å². The Morgan fingerprint density at radius 1 is 0.976 bits per heavy atom. The van der Waals surface area contributed by atoms with Crippen molar-refractivity contribution in [2.24, 2.45) is 0 Å². The van der Waals surface area contributed by atoms with Crippen molar-refractivity contribution < 1.29 is 22.4 Å². The molecular weight excluding hydrogens is 602 g/mol. The lowest BCUT2D eigenvalue weighted by Gasteiger charge is -2.34. The molecule has 0 saturated heterocycles. The van der Waals surface area contributed by atoms with E-state index >= 15 is 0 Å². The molecule has 3 rings (SSSR count). The molecule has 0 bridgehead atoms. The summed E-state index contributed by atoms with van der Waals surface area (Å²) in [6.45, 7) is 1.68. The summed E-state index contributed by atoms with van der Waals surface area (Å²) in [4.78, 5) is 29.2. The maximum Gasteiger partial charge on any atom is 0.304 e. The van der Waals surface area contributed by atoms with E-state index in [1.54, 1.807) is 12.1 Å². The summed E-state index contributed by atoms with van der Waals surface area (Å²) in [7, 11) is -1.52. The number of amides is 2. The number of halogens is 3.